The SMILES string of the molecule is c1ccc(-c2ccc(-c3ccc(-c4nc(-c5cccc(-c6ccccc6)c5)nc(-c5cccc(-c6ccc(-c7ccccc7)cc6)c5)n4)cc3)cc2)cc1. The molecule has 9 aromatic rings. The normalized spacial score (nSPS) is 11.0. The van der Waals surface area contributed by atoms with Gasteiger partial charge in [-0.05, 0) is 67.8 Å². The lowest BCUT2D eigenvalue weighted by Gasteiger charge is -2.11. The molecule has 0 bridgehead atoms. The van der Waals surface area contributed by atoms with Crippen molar-refractivity contribution in [3.05, 3.63) is 212 Å². The first-order chi connectivity index (χ1) is 26.7. The van der Waals surface area contributed by atoms with Gasteiger partial charge in [-0.2, -0.15) is 0 Å². The van der Waals surface area contributed by atoms with E-state index in [1.165, 1.54) is 22.3 Å². The van der Waals surface area contributed by atoms with Gasteiger partial charge >= 0.3 is 0 Å². The standard InChI is InChI=1S/C51H35N3/c1-4-12-36(13-5-1)39-22-24-41(25-23-39)42-30-32-44(33-31-42)49-52-50(47-20-10-18-45(34-47)38-16-8-3-9-17-38)54-51(53-49)48-21-11-19-46(35-48)43-28-26-40(27-29-43)37-14-6-2-7-15-37/h1-35H. The Bertz CT molecular complexity index is 2650. The maximum atomic E-state index is 5.10. The number of benzene rings is 8. The third kappa shape index (κ3) is 6.99. The first kappa shape index (κ1) is 32.7. The van der Waals surface area contributed by atoms with Crippen molar-refractivity contribution in [1.82, 2.24) is 15.0 Å². The van der Waals surface area contributed by atoms with Crippen molar-refractivity contribution in [1.29, 1.82) is 0 Å². The molecule has 0 aliphatic heterocycles. The molecule has 1 aromatic heterocycles. The van der Waals surface area contributed by atoms with E-state index in [9.17, 15) is 0 Å². The van der Waals surface area contributed by atoms with Crippen molar-refractivity contribution in [3.63, 3.8) is 0 Å². The molecule has 0 fully saturated rings. The molecule has 1 heterocycles. The molecule has 254 valence electrons. The third-order valence-corrected chi connectivity index (χ3v) is 9.78. The quantitative estimate of drug-likeness (QED) is 0.159. The molecular formula is C51H35N3. The molecule has 8 aromatic carbocycles. The monoisotopic (exact) mass is 689 g/mol. The van der Waals surface area contributed by atoms with Gasteiger partial charge in [0.2, 0.25) is 0 Å². The lowest BCUT2D eigenvalue weighted by molar-refractivity contribution is 1.07. The Labute approximate surface area is 316 Å². The van der Waals surface area contributed by atoms with Crippen LogP contribution in [0.2, 0.25) is 0 Å². The van der Waals surface area contributed by atoms with E-state index in [-0.39, 0.29) is 0 Å². The molecule has 0 radical (unpaired) electrons. The van der Waals surface area contributed by atoms with Gasteiger partial charge in [-0.25, -0.2) is 15.0 Å². The first-order valence-corrected chi connectivity index (χ1v) is 18.2. The molecule has 3 heteroatoms. The van der Waals surface area contributed by atoms with Crippen LogP contribution in [0.15, 0.2) is 212 Å². The predicted octanol–water partition coefficient (Wildman–Crippen LogP) is 13.2. The van der Waals surface area contributed by atoms with Gasteiger partial charge in [0.15, 0.2) is 17.5 Å². The van der Waals surface area contributed by atoms with Crippen molar-refractivity contribution in [2.45, 2.75) is 0 Å². The Morgan fingerprint density at radius 3 is 0.741 bits per heavy atom. The van der Waals surface area contributed by atoms with Crippen LogP contribution in [0.3, 0.4) is 0 Å². The smallest absolute Gasteiger partial charge is 0.164 e. The highest BCUT2D eigenvalue weighted by molar-refractivity contribution is 5.77. The average Bonchev–Trinajstić information content (AvgIpc) is 3.27. The predicted molar refractivity (Wildman–Crippen MR) is 223 cm³/mol. The largest absolute Gasteiger partial charge is 0.208 e. The first-order valence-electron chi connectivity index (χ1n) is 18.2. The van der Waals surface area contributed by atoms with Gasteiger partial charge in [0.25, 0.3) is 0 Å². The van der Waals surface area contributed by atoms with Gasteiger partial charge in [-0.3, -0.25) is 0 Å². The van der Waals surface area contributed by atoms with E-state index in [4.69, 9.17) is 15.0 Å². The summed E-state index contributed by atoms with van der Waals surface area (Å²) in [7, 11) is 0. The minimum Gasteiger partial charge on any atom is -0.208 e. The van der Waals surface area contributed by atoms with Crippen LogP contribution in [0.5, 0.6) is 0 Å². The Balaban J connectivity index is 1.08. The highest BCUT2D eigenvalue weighted by Crippen LogP contribution is 2.32. The van der Waals surface area contributed by atoms with Crippen molar-refractivity contribution >= 4 is 0 Å². The molecule has 0 aliphatic carbocycles. The summed E-state index contributed by atoms with van der Waals surface area (Å²) in [4.78, 5) is 15.3. The highest BCUT2D eigenvalue weighted by Gasteiger charge is 2.14. The van der Waals surface area contributed by atoms with Crippen molar-refractivity contribution in [2.75, 3.05) is 0 Å². The van der Waals surface area contributed by atoms with E-state index < -0.39 is 0 Å². The molecule has 0 aliphatic rings. The second kappa shape index (κ2) is 14.8. The number of hydrogen-bond acceptors (Lipinski definition) is 3. The maximum Gasteiger partial charge on any atom is 0.164 e. The Hall–Kier alpha value is -7.23. The summed E-state index contributed by atoms with van der Waals surface area (Å²) in [6, 6.07) is 74.1. The summed E-state index contributed by atoms with van der Waals surface area (Å²) < 4.78 is 0. The average molecular weight is 690 g/mol. The molecule has 54 heavy (non-hydrogen) atoms. The lowest BCUT2D eigenvalue weighted by Crippen LogP contribution is -2.00. The van der Waals surface area contributed by atoms with Crippen molar-refractivity contribution in [2.24, 2.45) is 0 Å². The number of hydrogen-bond donors (Lipinski definition) is 0. The highest BCUT2D eigenvalue weighted by atomic mass is 15.0. The van der Waals surface area contributed by atoms with E-state index in [1.54, 1.807) is 0 Å². The molecule has 0 unspecified atom stereocenters. The topological polar surface area (TPSA) is 38.7 Å². The summed E-state index contributed by atoms with van der Waals surface area (Å²) in [5.74, 6) is 1.89. The summed E-state index contributed by atoms with van der Waals surface area (Å²) in [5.41, 5.74) is 14.4. The Morgan fingerprint density at radius 2 is 0.389 bits per heavy atom. The number of nitrogens with zero attached hydrogens (tertiary/aromatic N) is 3. The number of rotatable bonds is 8. The van der Waals surface area contributed by atoms with E-state index in [0.717, 1.165) is 50.1 Å². The summed E-state index contributed by atoms with van der Waals surface area (Å²) in [5, 5.41) is 0. The molecule has 0 amide bonds. The van der Waals surface area contributed by atoms with Crippen LogP contribution >= 0.6 is 0 Å². The fraction of sp³-hybridized carbons (Fsp3) is 0. The zero-order chi connectivity index (χ0) is 36.1. The minimum atomic E-state index is 0.628. The Kier molecular flexibility index (Phi) is 8.94. The number of aromatic nitrogens is 3. The second-order valence-electron chi connectivity index (χ2n) is 13.3. The van der Waals surface area contributed by atoms with Gasteiger partial charge in [0.05, 0.1) is 0 Å². The summed E-state index contributed by atoms with van der Waals surface area (Å²) in [6.07, 6.45) is 0. The van der Waals surface area contributed by atoms with Gasteiger partial charge < -0.3 is 0 Å². The van der Waals surface area contributed by atoms with E-state index >= 15 is 0 Å². The fourth-order valence-corrected chi connectivity index (χ4v) is 6.85. The van der Waals surface area contributed by atoms with E-state index in [1.807, 2.05) is 18.2 Å². The minimum absolute atomic E-state index is 0.628. The molecule has 0 N–H and O–H groups in total. The molecule has 9 rings (SSSR count). The van der Waals surface area contributed by atoms with Gasteiger partial charge in [0, 0.05) is 16.7 Å². The van der Waals surface area contributed by atoms with Crippen molar-refractivity contribution in [3.8, 4) is 89.8 Å². The van der Waals surface area contributed by atoms with Crippen LogP contribution < -0.4 is 0 Å². The summed E-state index contributed by atoms with van der Waals surface area (Å²) >= 11 is 0. The van der Waals surface area contributed by atoms with Crippen LogP contribution in [0.25, 0.3) is 89.8 Å². The molecule has 3 nitrogen and oxygen atoms in total. The molecular weight excluding hydrogens is 655 g/mol. The fourth-order valence-electron chi connectivity index (χ4n) is 6.85. The molecule has 0 saturated heterocycles. The van der Waals surface area contributed by atoms with Crippen molar-refractivity contribution < 1.29 is 0 Å². The zero-order valence-corrected chi connectivity index (χ0v) is 29.5. The molecule has 0 atom stereocenters. The molecule has 0 saturated carbocycles. The van der Waals surface area contributed by atoms with Crippen LogP contribution in [0.1, 0.15) is 0 Å². The zero-order valence-electron chi connectivity index (χ0n) is 29.5. The Morgan fingerprint density at radius 1 is 0.167 bits per heavy atom. The van der Waals surface area contributed by atoms with E-state index in [0.29, 0.717) is 17.5 Å². The second-order valence-corrected chi connectivity index (χ2v) is 13.3. The maximum absolute atomic E-state index is 5.10. The van der Waals surface area contributed by atoms with Crippen LogP contribution in [-0.4, -0.2) is 15.0 Å². The van der Waals surface area contributed by atoms with Crippen LogP contribution in [0.4, 0.5) is 0 Å². The molecule has 0 spiro atoms. The van der Waals surface area contributed by atoms with Gasteiger partial charge in [-0.15, -0.1) is 0 Å². The third-order valence-electron chi connectivity index (χ3n) is 9.78. The van der Waals surface area contributed by atoms with Gasteiger partial charge in [-0.1, -0.05) is 200 Å². The van der Waals surface area contributed by atoms with Crippen LogP contribution in [-0.2, 0) is 0 Å². The van der Waals surface area contributed by atoms with Crippen LogP contribution in [0, 0.1) is 0 Å². The lowest BCUT2D eigenvalue weighted by atomic mass is 9.99. The van der Waals surface area contributed by atoms with E-state index in [2.05, 4.69) is 194 Å². The summed E-state index contributed by atoms with van der Waals surface area (Å²) in [6.45, 7) is 0. The van der Waals surface area contributed by atoms with Gasteiger partial charge in [0.1, 0.15) is 0 Å².